The molecular formula is C27H29Cl2N7O2. The summed E-state index contributed by atoms with van der Waals surface area (Å²) < 4.78 is 10.8. The van der Waals surface area contributed by atoms with E-state index in [9.17, 15) is 5.26 Å². The average Bonchev–Trinajstić information content (AvgIpc) is 3.47. The summed E-state index contributed by atoms with van der Waals surface area (Å²) in [4.78, 5) is 10.3. The summed E-state index contributed by atoms with van der Waals surface area (Å²) in [6, 6.07) is 8.82. The van der Waals surface area contributed by atoms with Crippen molar-refractivity contribution in [3.8, 4) is 11.8 Å². The van der Waals surface area contributed by atoms with Crippen molar-refractivity contribution in [2.45, 2.75) is 31.9 Å². The third-order valence-corrected chi connectivity index (χ3v) is 6.79. The van der Waals surface area contributed by atoms with Crippen LogP contribution < -0.4 is 21.1 Å². The van der Waals surface area contributed by atoms with E-state index in [1.807, 2.05) is 11.8 Å². The van der Waals surface area contributed by atoms with Crippen molar-refractivity contribution in [3.05, 3.63) is 75.2 Å². The lowest BCUT2D eigenvalue weighted by Gasteiger charge is -2.46. The number of hydrogen-bond acceptors (Lipinski definition) is 9. The second kappa shape index (κ2) is 12.0. The van der Waals surface area contributed by atoms with Gasteiger partial charge in [-0.05, 0) is 44.0 Å². The second-order valence-electron chi connectivity index (χ2n) is 9.53. The van der Waals surface area contributed by atoms with Crippen LogP contribution in [0.2, 0.25) is 10.0 Å². The number of rotatable bonds is 6. The lowest BCUT2D eigenvalue weighted by atomic mass is 9.93. The molecule has 198 valence electrons. The number of nitrogens with two attached hydrogens (primary N) is 2. The fourth-order valence-corrected chi connectivity index (χ4v) is 4.62. The van der Waals surface area contributed by atoms with E-state index < -0.39 is 0 Å². The smallest absolute Gasteiger partial charge is 0.146 e. The molecule has 0 atom stereocenters. The maximum absolute atomic E-state index is 9.63. The molecule has 0 spiro atoms. The van der Waals surface area contributed by atoms with Gasteiger partial charge in [-0.15, -0.1) is 0 Å². The Morgan fingerprint density at radius 3 is 2.45 bits per heavy atom. The highest BCUT2D eigenvalue weighted by Gasteiger charge is 2.36. The minimum absolute atomic E-state index is 0.126. The number of ether oxygens (including phenoxy) is 2. The zero-order valence-electron chi connectivity index (χ0n) is 21.0. The third kappa shape index (κ3) is 6.52. The Hall–Kier alpha value is -3.42. The highest BCUT2D eigenvalue weighted by molar-refractivity contribution is 6.35. The van der Waals surface area contributed by atoms with Crippen LogP contribution in [0.3, 0.4) is 0 Å². The number of pyridine rings is 2. The van der Waals surface area contributed by atoms with Crippen molar-refractivity contribution < 1.29 is 9.47 Å². The normalized spacial score (nSPS) is 15.6. The number of hydrogen-bond donors (Lipinski definition) is 3. The predicted molar refractivity (Wildman–Crippen MR) is 149 cm³/mol. The van der Waals surface area contributed by atoms with E-state index in [0.717, 1.165) is 13.2 Å². The van der Waals surface area contributed by atoms with Crippen molar-refractivity contribution in [1.29, 1.82) is 10.7 Å². The quantitative estimate of drug-likeness (QED) is 0.297. The van der Waals surface area contributed by atoms with Crippen molar-refractivity contribution in [1.82, 2.24) is 9.97 Å². The number of halogens is 2. The van der Waals surface area contributed by atoms with E-state index in [1.54, 1.807) is 30.5 Å². The Morgan fingerprint density at radius 2 is 1.87 bits per heavy atom. The molecule has 4 heterocycles. The predicted octanol–water partition coefficient (Wildman–Crippen LogP) is 4.57. The lowest BCUT2D eigenvalue weighted by molar-refractivity contribution is 0.198. The number of benzene rings is 1. The molecule has 2 aromatic heterocycles. The number of anilines is 2. The van der Waals surface area contributed by atoms with Gasteiger partial charge < -0.3 is 25.8 Å². The van der Waals surface area contributed by atoms with E-state index in [-0.39, 0.29) is 17.9 Å². The Morgan fingerprint density at radius 1 is 1.18 bits per heavy atom. The molecule has 0 radical (unpaired) electrons. The van der Waals surface area contributed by atoms with Crippen molar-refractivity contribution in [2.75, 3.05) is 36.9 Å². The lowest BCUT2D eigenvalue weighted by Crippen LogP contribution is -2.66. The molecule has 5 N–H and O–H groups in total. The maximum Gasteiger partial charge on any atom is 0.146 e. The first kappa shape index (κ1) is 27.6. The molecule has 2 saturated heterocycles. The van der Waals surface area contributed by atoms with Gasteiger partial charge >= 0.3 is 0 Å². The zero-order chi connectivity index (χ0) is 27.3. The molecule has 0 amide bonds. The van der Waals surface area contributed by atoms with Gasteiger partial charge in [-0.2, -0.15) is 5.26 Å². The van der Waals surface area contributed by atoms with E-state index in [1.165, 1.54) is 25.2 Å². The SMILES string of the molecule is C1CCOC1.CC1(N)CN(c2ncc(C(=N)c3cc(OCc4c(Cl)cncc4Cl)ccc3N)cc2C#N)C1. The summed E-state index contributed by atoms with van der Waals surface area (Å²) in [6.07, 6.45) is 7.11. The second-order valence-corrected chi connectivity index (χ2v) is 10.3. The topological polar surface area (TPSA) is 147 Å². The van der Waals surface area contributed by atoms with Crippen LogP contribution in [0, 0.1) is 16.7 Å². The van der Waals surface area contributed by atoms with Crippen LogP contribution in [0.4, 0.5) is 11.5 Å². The molecule has 2 aliphatic rings. The minimum atomic E-state index is -0.292. The zero-order valence-corrected chi connectivity index (χ0v) is 22.5. The molecule has 0 unspecified atom stereocenters. The van der Waals surface area contributed by atoms with Crippen LogP contribution in [-0.2, 0) is 11.3 Å². The van der Waals surface area contributed by atoms with Crippen molar-refractivity contribution in [3.63, 3.8) is 0 Å². The van der Waals surface area contributed by atoms with Crippen LogP contribution in [0.15, 0.2) is 42.9 Å². The van der Waals surface area contributed by atoms with E-state index in [2.05, 4.69) is 16.0 Å². The molecule has 5 rings (SSSR count). The Kier molecular flexibility index (Phi) is 8.69. The molecule has 3 aromatic rings. The van der Waals surface area contributed by atoms with Crippen LogP contribution in [0.1, 0.15) is 42.0 Å². The van der Waals surface area contributed by atoms with Crippen LogP contribution in [0.5, 0.6) is 5.75 Å². The molecule has 0 bridgehead atoms. The monoisotopic (exact) mass is 553 g/mol. The van der Waals surface area contributed by atoms with Crippen LogP contribution in [0.25, 0.3) is 0 Å². The number of aromatic nitrogens is 2. The Balaban J connectivity index is 0.000000603. The summed E-state index contributed by atoms with van der Waals surface area (Å²) in [7, 11) is 0. The molecule has 2 fully saturated rings. The summed E-state index contributed by atoms with van der Waals surface area (Å²) in [5.41, 5.74) is 14.4. The van der Waals surface area contributed by atoms with Gasteiger partial charge in [0, 0.05) is 72.8 Å². The summed E-state index contributed by atoms with van der Waals surface area (Å²) in [5.74, 6) is 1.05. The van der Waals surface area contributed by atoms with Gasteiger partial charge in [0.2, 0.25) is 0 Å². The Labute approximate surface area is 231 Å². The first-order chi connectivity index (χ1) is 18.2. The summed E-state index contributed by atoms with van der Waals surface area (Å²) >= 11 is 12.3. The number of nitrogen functional groups attached to an aromatic ring is 1. The van der Waals surface area contributed by atoms with E-state index >= 15 is 0 Å². The molecule has 11 heteroatoms. The van der Waals surface area contributed by atoms with Gasteiger partial charge in [0.1, 0.15) is 24.2 Å². The van der Waals surface area contributed by atoms with E-state index in [0.29, 0.717) is 62.6 Å². The van der Waals surface area contributed by atoms with Gasteiger partial charge in [-0.1, -0.05) is 23.2 Å². The third-order valence-electron chi connectivity index (χ3n) is 6.14. The summed E-state index contributed by atoms with van der Waals surface area (Å²) in [6.45, 7) is 5.31. The molecule has 2 aliphatic heterocycles. The fraction of sp³-hybridized carbons (Fsp3) is 0.333. The van der Waals surface area contributed by atoms with Gasteiger partial charge in [0.15, 0.2) is 0 Å². The highest BCUT2D eigenvalue weighted by atomic mass is 35.5. The maximum atomic E-state index is 9.63. The van der Waals surface area contributed by atoms with Crippen molar-refractivity contribution >= 4 is 40.4 Å². The molecule has 38 heavy (non-hydrogen) atoms. The molecule has 0 aliphatic carbocycles. The standard InChI is InChI=1S/C23H21Cl2N7O.C4H8O/c1-23(29)11-32(12-23)22-13(6-26)4-14(7-31-22)21(28)16-5-15(2-3-20(16)27)33-10-17-18(24)8-30-9-19(17)25;1-2-4-5-3-1/h2-5,7-9,28H,10-12,27,29H2,1H3;1-4H2. The average molecular weight is 554 g/mol. The first-order valence-corrected chi connectivity index (χ1v) is 12.9. The Bertz CT molecular complexity index is 1330. The number of nitrogens with zero attached hydrogens (tertiary/aromatic N) is 4. The van der Waals surface area contributed by atoms with Gasteiger partial charge in [-0.25, -0.2) is 4.98 Å². The largest absolute Gasteiger partial charge is 0.489 e. The van der Waals surface area contributed by atoms with Gasteiger partial charge in [0.25, 0.3) is 0 Å². The number of nitriles is 1. The highest BCUT2D eigenvalue weighted by Crippen LogP contribution is 2.30. The summed E-state index contributed by atoms with van der Waals surface area (Å²) in [5, 5.41) is 19.1. The molecule has 1 aromatic carbocycles. The molecule has 9 nitrogen and oxygen atoms in total. The first-order valence-electron chi connectivity index (χ1n) is 12.1. The van der Waals surface area contributed by atoms with Crippen LogP contribution in [-0.4, -0.2) is 47.5 Å². The molecular weight excluding hydrogens is 525 g/mol. The fourth-order valence-electron chi connectivity index (χ4n) is 4.14. The molecule has 0 saturated carbocycles. The van der Waals surface area contributed by atoms with Gasteiger partial charge in [-0.3, -0.25) is 10.4 Å². The van der Waals surface area contributed by atoms with Gasteiger partial charge in [0.05, 0.1) is 21.3 Å². The minimum Gasteiger partial charge on any atom is -0.489 e. The van der Waals surface area contributed by atoms with Crippen LogP contribution >= 0.6 is 23.2 Å². The van der Waals surface area contributed by atoms with E-state index in [4.69, 9.17) is 49.6 Å². The van der Waals surface area contributed by atoms with Crippen molar-refractivity contribution in [2.24, 2.45) is 5.73 Å². The number of nitrogens with one attached hydrogen (secondary N) is 1.